The maximum atomic E-state index is 13.8. The molecule has 2 amide bonds. The number of anilines is 1. The summed E-state index contributed by atoms with van der Waals surface area (Å²) in [4.78, 5) is 20.1. The number of rotatable bonds is 6. The monoisotopic (exact) mass is 480 g/mol. The van der Waals surface area contributed by atoms with Crippen LogP contribution in [0.25, 0.3) is 11.5 Å². The average molecular weight is 480 g/mol. The second-order valence-corrected chi connectivity index (χ2v) is 10.0. The van der Waals surface area contributed by atoms with Crippen molar-refractivity contribution in [3.8, 4) is 11.5 Å². The molecule has 1 aliphatic heterocycles. The number of urea groups is 1. The molecular weight excluding hydrogens is 461 g/mol. The van der Waals surface area contributed by atoms with Crippen molar-refractivity contribution >= 4 is 21.4 Å². The number of nitrogens with zero attached hydrogens (tertiary/aromatic N) is 5. The van der Waals surface area contributed by atoms with Gasteiger partial charge in [-0.3, -0.25) is 14.7 Å². The maximum Gasteiger partial charge on any atom is 0.324 e. The number of aromatic nitrogens is 3. The smallest absolute Gasteiger partial charge is 0.324 e. The molecular formula is C20H19F3N6O3S. The standard InChI is InChI=1S/C20H19F3N6O3S/c1-33(24,31)16-10-28(11-16)20(30)29(15-4-2-3-13(21)7-15)9-14-6-5-12(8-25-14)18-26-27-19(32-18)17(22)23/h2-8,16-17,24H,9-11H2,1H3. The molecule has 0 bridgehead atoms. The molecule has 0 spiro atoms. The van der Waals surface area contributed by atoms with Gasteiger partial charge in [-0.25, -0.2) is 13.4 Å². The fourth-order valence-electron chi connectivity index (χ4n) is 3.21. The van der Waals surface area contributed by atoms with E-state index in [0.29, 0.717) is 16.9 Å². The van der Waals surface area contributed by atoms with Gasteiger partial charge in [0.05, 0.1) is 23.1 Å². The lowest BCUT2D eigenvalue weighted by Gasteiger charge is -2.41. The molecule has 13 heteroatoms. The van der Waals surface area contributed by atoms with Crippen molar-refractivity contribution in [2.75, 3.05) is 24.2 Å². The van der Waals surface area contributed by atoms with Crippen LogP contribution in [0, 0.1) is 10.6 Å². The third-order valence-corrected chi connectivity index (χ3v) is 6.69. The predicted octanol–water partition coefficient (Wildman–Crippen LogP) is 3.70. The van der Waals surface area contributed by atoms with E-state index in [4.69, 9.17) is 9.20 Å². The number of alkyl halides is 2. The number of amides is 2. The molecule has 9 nitrogen and oxygen atoms in total. The second-order valence-electron chi connectivity index (χ2n) is 7.56. The fourth-order valence-corrected chi connectivity index (χ4v) is 4.14. The van der Waals surface area contributed by atoms with Crippen LogP contribution >= 0.6 is 0 Å². The Labute approximate surface area is 187 Å². The van der Waals surface area contributed by atoms with Crippen LogP contribution in [0.3, 0.4) is 0 Å². The molecule has 1 unspecified atom stereocenters. The summed E-state index contributed by atoms with van der Waals surface area (Å²) in [5.74, 6) is -1.44. The summed E-state index contributed by atoms with van der Waals surface area (Å²) in [5, 5.41) is 6.42. The molecule has 0 aliphatic carbocycles. The first-order chi connectivity index (χ1) is 15.6. The van der Waals surface area contributed by atoms with Crippen LogP contribution in [0.4, 0.5) is 23.7 Å². The van der Waals surface area contributed by atoms with E-state index in [1.54, 1.807) is 12.1 Å². The summed E-state index contributed by atoms with van der Waals surface area (Å²) >= 11 is 0. The first-order valence-electron chi connectivity index (χ1n) is 9.73. The van der Waals surface area contributed by atoms with Gasteiger partial charge < -0.3 is 9.32 Å². The van der Waals surface area contributed by atoms with Crippen LogP contribution < -0.4 is 4.90 Å². The predicted molar refractivity (Wildman–Crippen MR) is 113 cm³/mol. The molecule has 3 aromatic rings. The van der Waals surface area contributed by atoms with Crippen molar-refractivity contribution in [3.63, 3.8) is 0 Å². The molecule has 1 atom stereocenters. The van der Waals surface area contributed by atoms with Gasteiger partial charge in [0.1, 0.15) is 5.82 Å². The topological polar surface area (TPSA) is 116 Å². The van der Waals surface area contributed by atoms with Crippen molar-refractivity contribution in [3.05, 3.63) is 60.0 Å². The van der Waals surface area contributed by atoms with Crippen LogP contribution in [-0.4, -0.2) is 54.9 Å². The lowest BCUT2D eigenvalue weighted by molar-refractivity contribution is 0.116. The van der Waals surface area contributed by atoms with Gasteiger partial charge >= 0.3 is 12.5 Å². The Hall–Kier alpha value is -3.48. The summed E-state index contributed by atoms with van der Waals surface area (Å²) in [5.41, 5.74) is 1.05. The van der Waals surface area contributed by atoms with Crippen LogP contribution in [0.5, 0.6) is 0 Å². The molecule has 174 valence electrons. The zero-order valence-corrected chi connectivity index (χ0v) is 18.1. The SMILES string of the molecule is CS(=N)(=O)C1CN(C(=O)N(Cc2ccc(-c3nnc(C(F)F)o3)cn2)c2cccc(F)c2)C1. The van der Waals surface area contributed by atoms with E-state index in [9.17, 15) is 22.2 Å². The van der Waals surface area contributed by atoms with Crippen molar-refractivity contribution in [2.45, 2.75) is 18.2 Å². The molecule has 0 saturated carbocycles. The number of hydrogen-bond acceptors (Lipinski definition) is 7. The zero-order valence-electron chi connectivity index (χ0n) is 17.3. The van der Waals surface area contributed by atoms with E-state index in [1.807, 2.05) is 0 Å². The van der Waals surface area contributed by atoms with Gasteiger partial charge in [0, 0.05) is 41.0 Å². The molecule has 3 heterocycles. The minimum atomic E-state index is -2.89. The fraction of sp³-hybridized carbons (Fsp3) is 0.300. The molecule has 1 saturated heterocycles. The number of halogens is 3. The van der Waals surface area contributed by atoms with Crippen molar-refractivity contribution in [1.29, 1.82) is 4.78 Å². The highest BCUT2D eigenvalue weighted by Gasteiger charge is 2.38. The Kier molecular flexibility index (Phi) is 6.06. The van der Waals surface area contributed by atoms with Crippen LogP contribution in [0.1, 0.15) is 18.0 Å². The highest BCUT2D eigenvalue weighted by molar-refractivity contribution is 7.92. The van der Waals surface area contributed by atoms with Crippen molar-refractivity contribution in [2.24, 2.45) is 0 Å². The Morgan fingerprint density at radius 2 is 2.06 bits per heavy atom. The van der Waals surface area contributed by atoms with Gasteiger partial charge in [0.15, 0.2) is 0 Å². The van der Waals surface area contributed by atoms with Gasteiger partial charge in [-0.2, -0.15) is 8.78 Å². The number of benzene rings is 1. The molecule has 1 aromatic carbocycles. The number of carbonyl (C=O) groups is 1. The number of nitrogens with one attached hydrogen (secondary N) is 1. The molecule has 33 heavy (non-hydrogen) atoms. The quantitative estimate of drug-likeness (QED) is 0.575. The molecule has 2 aromatic heterocycles. The van der Waals surface area contributed by atoms with Gasteiger partial charge in [0.2, 0.25) is 5.89 Å². The number of hydrogen-bond donors (Lipinski definition) is 1. The highest BCUT2D eigenvalue weighted by Crippen LogP contribution is 2.26. The average Bonchev–Trinajstić information content (AvgIpc) is 3.21. The third kappa shape index (κ3) is 4.97. The number of likely N-dealkylation sites (tertiary alicyclic amines) is 1. The molecule has 4 rings (SSSR count). The van der Waals surface area contributed by atoms with Crippen molar-refractivity contribution < 1.29 is 26.6 Å². The van der Waals surface area contributed by atoms with E-state index < -0.39 is 39.1 Å². The zero-order chi connectivity index (χ0) is 23.8. The number of pyridine rings is 1. The van der Waals surface area contributed by atoms with Crippen LogP contribution in [0.2, 0.25) is 0 Å². The first kappa shape index (κ1) is 22.7. The molecule has 1 aliphatic rings. The first-order valence-corrected chi connectivity index (χ1v) is 11.8. The second kappa shape index (κ2) is 8.81. The van der Waals surface area contributed by atoms with Crippen molar-refractivity contribution in [1.82, 2.24) is 20.1 Å². The van der Waals surface area contributed by atoms with E-state index in [-0.39, 0.29) is 25.5 Å². The largest absolute Gasteiger partial charge is 0.415 e. The lowest BCUT2D eigenvalue weighted by atomic mass is 10.2. The van der Waals surface area contributed by atoms with E-state index >= 15 is 0 Å². The third-order valence-electron chi connectivity index (χ3n) is 5.12. The minimum absolute atomic E-state index is 0.0156. The maximum absolute atomic E-state index is 13.8. The van der Waals surface area contributed by atoms with E-state index in [1.165, 1.54) is 46.5 Å². The summed E-state index contributed by atoms with van der Waals surface area (Å²) in [7, 11) is -2.77. The summed E-state index contributed by atoms with van der Waals surface area (Å²) in [6.07, 6.45) is -0.206. The summed E-state index contributed by atoms with van der Waals surface area (Å²) in [6, 6.07) is 8.16. The molecule has 1 N–H and O–H groups in total. The molecule has 1 fully saturated rings. The molecule has 0 radical (unpaired) electrons. The van der Waals surface area contributed by atoms with Crippen LogP contribution in [-0.2, 0) is 16.3 Å². The van der Waals surface area contributed by atoms with E-state index in [0.717, 1.165) is 0 Å². The Balaban J connectivity index is 1.54. The highest BCUT2D eigenvalue weighted by atomic mass is 32.2. The Bertz CT molecular complexity index is 1260. The summed E-state index contributed by atoms with van der Waals surface area (Å²) in [6.45, 7) is 0.317. The van der Waals surface area contributed by atoms with E-state index in [2.05, 4.69) is 15.2 Å². The Morgan fingerprint density at radius 3 is 2.64 bits per heavy atom. The lowest BCUT2D eigenvalue weighted by Crippen LogP contribution is -2.59. The van der Waals surface area contributed by atoms with Gasteiger partial charge in [-0.1, -0.05) is 6.07 Å². The number of carbonyl (C=O) groups excluding carboxylic acids is 1. The van der Waals surface area contributed by atoms with Gasteiger partial charge in [-0.05, 0) is 30.3 Å². The summed E-state index contributed by atoms with van der Waals surface area (Å²) < 4.78 is 63.6. The normalized spacial score (nSPS) is 15.8. The van der Waals surface area contributed by atoms with Gasteiger partial charge in [-0.15, -0.1) is 10.2 Å². The van der Waals surface area contributed by atoms with Gasteiger partial charge in [0.25, 0.3) is 5.89 Å². The van der Waals surface area contributed by atoms with Crippen LogP contribution in [0.15, 0.2) is 47.0 Å². The Morgan fingerprint density at radius 1 is 1.30 bits per heavy atom. The minimum Gasteiger partial charge on any atom is -0.415 e.